The Labute approximate surface area is 208 Å². The zero-order valence-corrected chi connectivity index (χ0v) is 19.5. The number of ether oxygens (including phenoxy) is 1. The molecule has 0 atom stereocenters. The molecule has 0 spiro atoms. The maximum atomic E-state index is 10.9. The lowest BCUT2D eigenvalue weighted by Gasteiger charge is -2.05. The van der Waals surface area contributed by atoms with Gasteiger partial charge in [0.2, 0.25) is 0 Å². The number of carbonyl (C=O) groups excluding carboxylic acids is 1. The van der Waals surface area contributed by atoms with Crippen LogP contribution in [0.3, 0.4) is 0 Å². The highest BCUT2D eigenvalue weighted by Gasteiger charge is 2.13. The molecule has 7 nitrogen and oxygen atoms in total. The SMILES string of the molecule is O=Cc1ccc(-c2cc3nccc(Oc4ccc5oc(Nc6ccc(Cl)cc6)nc5c4)c3s2)nc1. The fourth-order valence-electron chi connectivity index (χ4n) is 3.55. The van der Waals surface area contributed by atoms with E-state index in [2.05, 4.69) is 20.3 Å². The number of anilines is 2. The van der Waals surface area contributed by atoms with E-state index < -0.39 is 0 Å². The predicted octanol–water partition coefficient (Wildman–Crippen LogP) is 7.50. The first kappa shape index (κ1) is 21.3. The van der Waals surface area contributed by atoms with E-state index in [-0.39, 0.29) is 0 Å². The number of rotatable bonds is 6. The molecule has 170 valence electrons. The molecule has 6 rings (SSSR count). The Morgan fingerprint density at radius 3 is 2.66 bits per heavy atom. The number of benzene rings is 2. The largest absolute Gasteiger partial charge is 0.456 e. The van der Waals surface area contributed by atoms with Crippen LogP contribution in [-0.2, 0) is 0 Å². The van der Waals surface area contributed by atoms with Crippen LogP contribution in [0.25, 0.3) is 31.9 Å². The van der Waals surface area contributed by atoms with Gasteiger partial charge in [0, 0.05) is 40.8 Å². The number of oxazole rings is 1. The molecule has 0 bridgehead atoms. The van der Waals surface area contributed by atoms with Crippen molar-refractivity contribution < 1.29 is 13.9 Å². The van der Waals surface area contributed by atoms with Gasteiger partial charge in [-0.05, 0) is 54.6 Å². The molecule has 0 aliphatic rings. The average Bonchev–Trinajstić information content (AvgIpc) is 3.50. The standard InChI is InChI=1S/C26H15ClN4O3S/c27-16-2-4-17(5-3-16)30-26-31-20-11-18(6-8-22(20)34-26)33-23-9-10-28-21-12-24(35-25(21)23)19-7-1-15(14-32)13-29-19/h1-14H,(H,30,31). The summed E-state index contributed by atoms with van der Waals surface area (Å²) < 4.78 is 12.9. The van der Waals surface area contributed by atoms with Crippen LogP contribution >= 0.6 is 22.9 Å². The number of nitrogens with zero attached hydrogens (tertiary/aromatic N) is 3. The lowest BCUT2D eigenvalue weighted by molar-refractivity contribution is 0.112. The molecule has 35 heavy (non-hydrogen) atoms. The fraction of sp³-hybridized carbons (Fsp3) is 0. The van der Waals surface area contributed by atoms with Gasteiger partial charge in [0.05, 0.1) is 20.8 Å². The van der Waals surface area contributed by atoms with E-state index >= 15 is 0 Å². The fourth-order valence-corrected chi connectivity index (χ4v) is 4.72. The van der Waals surface area contributed by atoms with Crippen LogP contribution in [0.1, 0.15) is 10.4 Å². The van der Waals surface area contributed by atoms with E-state index in [4.69, 9.17) is 20.8 Å². The third-order valence-electron chi connectivity index (χ3n) is 5.23. The second-order valence-corrected chi connectivity index (χ2v) is 9.10. The Morgan fingerprint density at radius 1 is 0.971 bits per heavy atom. The summed E-state index contributed by atoms with van der Waals surface area (Å²) in [4.78, 5) is 25.2. The van der Waals surface area contributed by atoms with Crippen molar-refractivity contribution in [3.05, 3.63) is 89.7 Å². The molecule has 4 aromatic heterocycles. The van der Waals surface area contributed by atoms with Crippen molar-refractivity contribution in [3.63, 3.8) is 0 Å². The third kappa shape index (κ3) is 4.32. The number of thiophene rings is 1. The number of carbonyl (C=O) groups is 1. The minimum Gasteiger partial charge on any atom is -0.456 e. The molecule has 0 fully saturated rings. The molecule has 6 aromatic rings. The molecule has 1 N–H and O–H groups in total. The number of pyridine rings is 2. The van der Waals surface area contributed by atoms with E-state index in [0.717, 1.165) is 32.8 Å². The first-order chi connectivity index (χ1) is 17.1. The number of aromatic nitrogens is 3. The van der Waals surface area contributed by atoms with E-state index in [9.17, 15) is 4.79 Å². The Balaban J connectivity index is 1.28. The summed E-state index contributed by atoms with van der Waals surface area (Å²) in [5.74, 6) is 1.30. The van der Waals surface area contributed by atoms with Crippen LogP contribution in [0.5, 0.6) is 11.5 Å². The summed E-state index contributed by atoms with van der Waals surface area (Å²) in [6.45, 7) is 0. The quantitative estimate of drug-likeness (QED) is 0.238. The normalized spacial score (nSPS) is 11.1. The Bertz CT molecular complexity index is 1680. The minimum absolute atomic E-state index is 0.377. The van der Waals surface area contributed by atoms with Crippen molar-refractivity contribution in [2.75, 3.05) is 5.32 Å². The van der Waals surface area contributed by atoms with Crippen LogP contribution < -0.4 is 10.1 Å². The Kier molecular flexibility index (Phi) is 5.36. The Morgan fingerprint density at radius 2 is 1.86 bits per heavy atom. The molecule has 0 aliphatic heterocycles. The summed E-state index contributed by atoms with van der Waals surface area (Å²) in [6.07, 6.45) is 4.04. The molecular weight excluding hydrogens is 484 g/mol. The van der Waals surface area contributed by atoms with Gasteiger partial charge in [0.15, 0.2) is 11.9 Å². The molecule has 0 radical (unpaired) electrons. The molecule has 2 aromatic carbocycles. The highest BCUT2D eigenvalue weighted by Crippen LogP contribution is 2.39. The number of hydrogen-bond donors (Lipinski definition) is 1. The van der Waals surface area contributed by atoms with E-state index in [1.165, 1.54) is 11.3 Å². The van der Waals surface area contributed by atoms with Crippen LogP contribution in [0.2, 0.25) is 5.02 Å². The van der Waals surface area contributed by atoms with Gasteiger partial charge in [-0.2, -0.15) is 4.98 Å². The highest BCUT2D eigenvalue weighted by molar-refractivity contribution is 7.22. The smallest absolute Gasteiger partial charge is 0.300 e. The Hall–Kier alpha value is -4.27. The number of hydrogen-bond acceptors (Lipinski definition) is 8. The first-order valence-electron chi connectivity index (χ1n) is 10.6. The van der Waals surface area contributed by atoms with Gasteiger partial charge in [-0.25, -0.2) is 0 Å². The summed E-state index contributed by atoms with van der Waals surface area (Å²) in [7, 11) is 0. The zero-order chi connectivity index (χ0) is 23.8. The predicted molar refractivity (Wildman–Crippen MR) is 137 cm³/mol. The third-order valence-corrected chi connectivity index (χ3v) is 6.65. The van der Waals surface area contributed by atoms with E-state index in [1.54, 1.807) is 30.6 Å². The summed E-state index contributed by atoms with van der Waals surface area (Å²) in [5.41, 5.74) is 4.23. The topological polar surface area (TPSA) is 90.1 Å². The van der Waals surface area contributed by atoms with Crippen LogP contribution in [0.4, 0.5) is 11.7 Å². The van der Waals surface area contributed by atoms with Gasteiger partial charge in [0.25, 0.3) is 6.01 Å². The van der Waals surface area contributed by atoms with Crippen molar-refractivity contribution in [1.82, 2.24) is 15.0 Å². The highest BCUT2D eigenvalue weighted by atomic mass is 35.5. The van der Waals surface area contributed by atoms with E-state index in [0.29, 0.717) is 39.2 Å². The van der Waals surface area contributed by atoms with Gasteiger partial charge >= 0.3 is 0 Å². The van der Waals surface area contributed by atoms with Crippen molar-refractivity contribution in [1.29, 1.82) is 0 Å². The van der Waals surface area contributed by atoms with E-state index in [1.807, 2.05) is 48.5 Å². The van der Waals surface area contributed by atoms with Crippen molar-refractivity contribution in [2.45, 2.75) is 0 Å². The van der Waals surface area contributed by atoms with Crippen molar-refractivity contribution in [3.8, 4) is 22.1 Å². The average molecular weight is 499 g/mol. The van der Waals surface area contributed by atoms with Gasteiger partial charge in [-0.3, -0.25) is 14.8 Å². The van der Waals surface area contributed by atoms with Gasteiger partial charge < -0.3 is 14.5 Å². The van der Waals surface area contributed by atoms with Gasteiger partial charge in [-0.15, -0.1) is 11.3 Å². The number of halogens is 1. The molecule has 0 unspecified atom stereocenters. The minimum atomic E-state index is 0.377. The number of aldehydes is 1. The molecule has 0 saturated carbocycles. The maximum Gasteiger partial charge on any atom is 0.300 e. The van der Waals surface area contributed by atoms with Crippen LogP contribution in [-0.4, -0.2) is 21.2 Å². The number of nitrogens with one attached hydrogen (secondary N) is 1. The zero-order valence-electron chi connectivity index (χ0n) is 17.9. The molecule has 0 aliphatic carbocycles. The van der Waals surface area contributed by atoms with Gasteiger partial charge in [-0.1, -0.05) is 11.6 Å². The first-order valence-corrected chi connectivity index (χ1v) is 11.8. The van der Waals surface area contributed by atoms with Crippen molar-refractivity contribution in [2.24, 2.45) is 0 Å². The second kappa shape index (κ2) is 8.83. The number of fused-ring (bicyclic) bond motifs is 2. The van der Waals surface area contributed by atoms with Crippen LogP contribution in [0, 0.1) is 0 Å². The second-order valence-electron chi connectivity index (χ2n) is 7.61. The lowest BCUT2D eigenvalue weighted by atomic mass is 10.2. The lowest BCUT2D eigenvalue weighted by Crippen LogP contribution is -1.89. The monoisotopic (exact) mass is 498 g/mol. The maximum absolute atomic E-state index is 10.9. The molecule has 9 heteroatoms. The van der Waals surface area contributed by atoms with Gasteiger partial charge in [0.1, 0.15) is 17.0 Å². The summed E-state index contributed by atoms with van der Waals surface area (Å²) in [6, 6.07) is 20.5. The van der Waals surface area contributed by atoms with Crippen molar-refractivity contribution >= 4 is 62.2 Å². The molecule has 4 heterocycles. The molecule has 0 amide bonds. The molecule has 0 saturated heterocycles. The molecular formula is C26H15ClN4O3S. The van der Waals surface area contributed by atoms with Crippen LogP contribution in [0.15, 0.2) is 83.5 Å². The summed E-state index contributed by atoms with van der Waals surface area (Å²) in [5, 5.41) is 3.79. The summed E-state index contributed by atoms with van der Waals surface area (Å²) >= 11 is 7.47.